The Hall–Kier alpha value is -3.05. The lowest BCUT2D eigenvalue weighted by Gasteiger charge is -2.28. The van der Waals surface area contributed by atoms with Gasteiger partial charge in [0.1, 0.15) is 0 Å². The normalized spacial score (nSPS) is 13.1. The smallest absolute Gasteiger partial charge is 0.289 e. The van der Waals surface area contributed by atoms with Gasteiger partial charge in [0.15, 0.2) is 5.76 Å². The summed E-state index contributed by atoms with van der Waals surface area (Å²) in [5.41, 5.74) is 3.72. The first-order valence-corrected chi connectivity index (χ1v) is 9.46. The number of halogens is 1. The van der Waals surface area contributed by atoms with Gasteiger partial charge in [-0.1, -0.05) is 35.9 Å². The minimum atomic E-state index is -0.132. The summed E-state index contributed by atoms with van der Waals surface area (Å²) < 4.78 is 5.22. The molecule has 4 rings (SSSR count). The fraction of sp³-hybridized carbons (Fsp3) is 0.182. The highest BCUT2D eigenvalue weighted by Gasteiger charge is 2.23. The van der Waals surface area contributed by atoms with Crippen LogP contribution < -0.4 is 5.32 Å². The van der Waals surface area contributed by atoms with Crippen LogP contribution in [0.3, 0.4) is 0 Å². The Morgan fingerprint density at radius 3 is 2.71 bits per heavy atom. The molecule has 3 aromatic rings. The van der Waals surface area contributed by atoms with Crippen LogP contribution in [0, 0.1) is 0 Å². The molecule has 0 atom stereocenters. The quantitative estimate of drug-likeness (QED) is 0.717. The molecule has 28 heavy (non-hydrogen) atoms. The van der Waals surface area contributed by atoms with Gasteiger partial charge in [-0.3, -0.25) is 9.59 Å². The zero-order valence-electron chi connectivity index (χ0n) is 15.2. The zero-order chi connectivity index (χ0) is 19.5. The van der Waals surface area contributed by atoms with E-state index in [1.54, 1.807) is 23.1 Å². The van der Waals surface area contributed by atoms with Crippen molar-refractivity contribution in [3.8, 4) is 0 Å². The van der Waals surface area contributed by atoms with Crippen LogP contribution in [0.1, 0.15) is 27.2 Å². The maximum absolute atomic E-state index is 12.5. The average Bonchev–Trinajstić information content (AvgIpc) is 3.23. The van der Waals surface area contributed by atoms with Crippen molar-refractivity contribution in [2.24, 2.45) is 0 Å². The zero-order valence-corrected chi connectivity index (χ0v) is 15.9. The monoisotopic (exact) mass is 394 g/mol. The van der Waals surface area contributed by atoms with Crippen molar-refractivity contribution in [1.29, 1.82) is 0 Å². The van der Waals surface area contributed by atoms with E-state index in [1.807, 2.05) is 36.4 Å². The molecule has 6 heteroatoms. The minimum Gasteiger partial charge on any atom is -0.459 e. The third-order valence-corrected chi connectivity index (χ3v) is 5.20. The van der Waals surface area contributed by atoms with Gasteiger partial charge in [0.05, 0.1) is 12.7 Å². The van der Waals surface area contributed by atoms with Crippen molar-refractivity contribution >= 4 is 29.1 Å². The Morgan fingerprint density at radius 2 is 1.93 bits per heavy atom. The van der Waals surface area contributed by atoms with Crippen molar-refractivity contribution < 1.29 is 14.0 Å². The fourth-order valence-electron chi connectivity index (χ4n) is 3.38. The van der Waals surface area contributed by atoms with Gasteiger partial charge in [0.2, 0.25) is 5.91 Å². The Bertz CT molecular complexity index is 1010. The van der Waals surface area contributed by atoms with Crippen LogP contribution in [0.5, 0.6) is 0 Å². The second-order valence-electron chi connectivity index (χ2n) is 6.75. The molecule has 0 saturated carbocycles. The number of carbonyl (C=O) groups excluding carboxylic acids is 2. The first-order valence-electron chi connectivity index (χ1n) is 9.08. The topological polar surface area (TPSA) is 62.6 Å². The molecule has 0 fully saturated rings. The molecule has 1 aliphatic heterocycles. The lowest BCUT2D eigenvalue weighted by molar-refractivity contribution is -0.115. The van der Waals surface area contributed by atoms with Crippen molar-refractivity contribution in [3.63, 3.8) is 0 Å². The summed E-state index contributed by atoms with van der Waals surface area (Å²) >= 11 is 6.13. The van der Waals surface area contributed by atoms with Crippen LogP contribution in [0.2, 0.25) is 5.02 Å². The number of hydrogen-bond donors (Lipinski definition) is 1. The summed E-state index contributed by atoms with van der Waals surface area (Å²) in [6.45, 7) is 1.13. The number of nitrogens with one attached hydrogen (secondary N) is 1. The summed E-state index contributed by atoms with van der Waals surface area (Å²) in [4.78, 5) is 26.7. The number of amides is 2. The summed E-state index contributed by atoms with van der Waals surface area (Å²) in [5, 5.41) is 3.50. The molecule has 2 heterocycles. The van der Waals surface area contributed by atoms with Crippen molar-refractivity contribution in [3.05, 3.63) is 88.3 Å². The molecule has 1 aliphatic rings. The van der Waals surface area contributed by atoms with Gasteiger partial charge in [0.25, 0.3) is 5.91 Å². The Balaban J connectivity index is 1.45. The highest BCUT2D eigenvalue weighted by Crippen LogP contribution is 2.24. The van der Waals surface area contributed by atoms with E-state index in [4.69, 9.17) is 16.0 Å². The second kappa shape index (κ2) is 7.90. The van der Waals surface area contributed by atoms with E-state index in [0.717, 1.165) is 17.5 Å². The predicted molar refractivity (Wildman–Crippen MR) is 107 cm³/mol. The van der Waals surface area contributed by atoms with Crippen LogP contribution in [0.4, 0.5) is 5.69 Å². The van der Waals surface area contributed by atoms with E-state index < -0.39 is 0 Å². The number of nitrogens with zero attached hydrogens (tertiary/aromatic N) is 1. The lowest BCUT2D eigenvalue weighted by atomic mass is 9.98. The van der Waals surface area contributed by atoms with Crippen LogP contribution in [-0.2, 0) is 24.2 Å². The first kappa shape index (κ1) is 18.3. The molecular formula is C22H19ClN2O3. The number of fused-ring (bicyclic) bond motifs is 1. The lowest BCUT2D eigenvalue weighted by Crippen LogP contribution is -2.35. The van der Waals surface area contributed by atoms with E-state index in [-0.39, 0.29) is 18.2 Å². The number of furan rings is 1. The van der Waals surface area contributed by atoms with Crippen LogP contribution in [-0.4, -0.2) is 23.3 Å². The highest BCUT2D eigenvalue weighted by atomic mass is 35.5. The van der Waals surface area contributed by atoms with E-state index in [0.29, 0.717) is 29.6 Å². The van der Waals surface area contributed by atoms with Gasteiger partial charge in [-0.05, 0) is 53.4 Å². The van der Waals surface area contributed by atoms with Crippen LogP contribution in [0.25, 0.3) is 0 Å². The Labute approximate surface area is 167 Å². The van der Waals surface area contributed by atoms with Gasteiger partial charge >= 0.3 is 0 Å². The van der Waals surface area contributed by atoms with Crippen molar-refractivity contribution in [2.45, 2.75) is 19.4 Å². The molecule has 2 amide bonds. The third-order valence-electron chi connectivity index (χ3n) is 4.83. The van der Waals surface area contributed by atoms with Crippen LogP contribution in [0.15, 0.2) is 65.3 Å². The number of carbonyl (C=O) groups is 2. The van der Waals surface area contributed by atoms with E-state index in [2.05, 4.69) is 5.32 Å². The van der Waals surface area contributed by atoms with Gasteiger partial charge in [-0.25, -0.2) is 0 Å². The largest absolute Gasteiger partial charge is 0.459 e. The summed E-state index contributed by atoms with van der Waals surface area (Å²) in [6, 6.07) is 16.5. The molecule has 2 aromatic carbocycles. The second-order valence-corrected chi connectivity index (χ2v) is 7.16. The van der Waals surface area contributed by atoms with Gasteiger partial charge in [0, 0.05) is 23.8 Å². The van der Waals surface area contributed by atoms with Crippen molar-refractivity contribution in [1.82, 2.24) is 4.90 Å². The molecule has 0 radical (unpaired) electrons. The molecule has 0 aliphatic carbocycles. The van der Waals surface area contributed by atoms with E-state index in [1.165, 1.54) is 11.8 Å². The molecule has 0 unspecified atom stereocenters. The van der Waals surface area contributed by atoms with E-state index >= 15 is 0 Å². The van der Waals surface area contributed by atoms with E-state index in [9.17, 15) is 9.59 Å². The minimum absolute atomic E-state index is 0.121. The van der Waals surface area contributed by atoms with Crippen molar-refractivity contribution in [2.75, 3.05) is 11.9 Å². The molecule has 1 aromatic heterocycles. The molecule has 0 bridgehead atoms. The summed E-state index contributed by atoms with van der Waals surface area (Å²) in [6.07, 6.45) is 2.48. The fourth-order valence-corrected chi connectivity index (χ4v) is 3.59. The highest BCUT2D eigenvalue weighted by molar-refractivity contribution is 6.31. The third kappa shape index (κ3) is 3.94. The standard InChI is InChI=1S/C22H19ClN2O3/c23-19-5-2-1-4-16(19)13-21(26)24-18-8-7-15-9-10-25(14-17(15)12-18)22(27)20-6-3-11-28-20/h1-8,11-12H,9-10,13-14H2,(H,24,26). The maximum atomic E-state index is 12.5. The molecule has 1 N–H and O–H groups in total. The number of anilines is 1. The molecule has 0 spiro atoms. The molecule has 142 valence electrons. The van der Waals surface area contributed by atoms with Gasteiger partial charge in [-0.2, -0.15) is 0 Å². The molecular weight excluding hydrogens is 376 g/mol. The predicted octanol–water partition coefficient (Wildman–Crippen LogP) is 4.31. The Morgan fingerprint density at radius 1 is 1.07 bits per heavy atom. The van der Waals surface area contributed by atoms with Crippen LogP contribution >= 0.6 is 11.6 Å². The maximum Gasteiger partial charge on any atom is 0.289 e. The summed E-state index contributed by atoms with van der Waals surface area (Å²) in [5.74, 6) is 0.0869. The molecule has 0 saturated heterocycles. The Kier molecular flexibility index (Phi) is 5.17. The van der Waals surface area contributed by atoms with Gasteiger partial charge < -0.3 is 14.6 Å². The number of rotatable bonds is 4. The van der Waals surface area contributed by atoms with Gasteiger partial charge in [-0.15, -0.1) is 0 Å². The first-order chi connectivity index (χ1) is 13.6. The number of benzene rings is 2. The molecule has 5 nitrogen and oxygen atoms in total. The average molecular weight is 395 g/mol. The number of hydrogen-bond acceptors (Lipinski definition) is 3. The SMILES string of the molecule is O=C(Cc1ccccc1Cl)Nc1ccc2c(c1)CN(C(=O)c1ccco1)CC2. The summed E-state index contributed by atoms with van der Waals surface area (Å²) in [7, 11) is 0.